The van der Waals surface area contributed by atoms with Crippen LogP contribution in [-0.2, 0) is 0 Å². The van der Waals surface area contributed by atoms with Crippen molar-refractivity contribution < 1.29 is 0 Å². The topological polar surface area (TPSA) is 12.4 Å². The molecule has 0 amide bonds. The van der Waals surface area contributed by atoms with E-state index in [-0.39, 0.29) is 0 Å². The largest absolute Gasteiger partial charge is 0.292 e. The van der Waals surface area contributed by atoms with Gasteiger partial charge in [-0.2, -0.15) is 0 Å². The third-order valence-electron chi connectivity index (χ3n) is 0.697. The fourth-order valence-electron chi connectivity index (χ4n) is 0.214. The Morgan fingerprint density at radius 2 is 2.20 bits per heavy atom. The summed E-state index contributed by atoms with van der Waals surface area (Å²) in [5.41, 5.74) is 0. The zero-order valence-corrected chi connectivity index (χ0v) is 3.07. The first-order chi connectivity index (χ1) is 2.43. The maximum absolute atomic E-state index is 3.67. The summed E-state index contributed by atoms with van der Waals surface area (Å²) in [5.74, 6) is 0. The fraction of sp³-hybridized carbons (Fsp3) is 0.500. The van der Waals surface area contributed by atoms with E-state index < -0.39 is 0 Å². The van der Waals surface area contributed by atoms with E-state index >= 15 is 0 Å². The minimum Gasteiger partial charge on any atom is -0.292 e. The van der Waals surface area contributed by atoms with Crippen molar-refractivity contribution in [3.63, 3.8) is 0 Å². The van der Waals surface area contributed by atoms with E-state index in [9.17, 15) is 0 Å². The van der Waals surface area contributed by atoms with Crippen LogP contribution < -0.4 is 0 Å². The van der Waals surface area contributed by atoms with Crippen molar-refractivity contribution in [3.8, 4) is 0 Å². The summed E-state index contributed by atoms with van der Waals surface area (Å²) in [7, 11) is 0. The van der Waals surface area contributed by atoms with Gasteiger partial charge in [-0.3, -0.25) is 4.99 Å². The average molecular weight is 68.1 g/mol. The SMILES string of the molecule is C=N[C]1CC1. The molecule has 1 rings (SSSR count). The van der Waals surface area contributed by atoms with Crippen molar-refractivity contribution in [2.24, 2.45) is 4.99 Å². The molecule has 0 N–H and O–H groups in total. The van der Waals surface area contributed by atoms with Gasteiger partial charge in [0.25, 0.3) is 0 Å². The van der Waals surface area contributed by atoms with E-state index in [4.69, 9.17) is 0 Å². The van der Waals surface area contributed by atoms with Crippen LogP contribution in [-0.4, -0.2) is 6.72 Å². The molecule has 27 valence electrons. The minimum atomic E-state index is 1.20. The standard InChI is InChI=1S/C4H6N/c1-5-4-2-3-4/h1-3H2. The Labute approximate surface area is 31.7 Å². The molecule has 0 aromatic carbocycles. The van der Waals surface area contributed by atoms with Crippen LogP contribution in [0.4, 0.5) is 0 Å². The molecule has 1 saturated carbocycles. The molecule has 0 bridgehead atoms. The Hall–Kier alpha value is -0.330. The first-order valence-electron chi connectivity index (χ1n) is 1.75. The second kappa shape index (κ2) is 0.814. The summed E-state index contributed by atoms with van der Waals surface area (Å²) in [5, 5.41) is 0. The summed E-state index contributed by atoms with van der Waals surface area (Å²) < 4.78 is 0. The van der Waals surface area contributed by atoms with Gasteiger partial charge in [-0.1, -0.05) is 0 Å². The van der Waals surface area contributed by atoms with Gasteiger partial charge in [0.2, 0.25) is 0 Å². The van der Waals surface area contributed by atoms with Gasteiger partial charge in [-0.25, -0.2) is 0 Å². The van der Waals surface area contributed by atoms with E-state index in [0.717, 1.165) is 0 Å². The molecule has 1 radical (unpaired) electrons. The second-order valence-electron chi connectivity index (χ2n) is 1.22. The van der Waals surface area contributed by atoms with Crippen LogP contribution in [0.3, 0.4) is 0 Å². The first-order valence-corrected chi connectivity index (χ1v) is 1.75. The van der Waals surface area contributed by atoms with Crippen molar-refractivity contribution in [2.45, 2.75) is 12.8 Å². The molecule has 0 aromatic heterocycles. The summed E-state index contributed by atoms with van der Waals surface area (Å²) in [6, 6.07) is 1.27. The Balaban J connectivity index is 2.21. The molecule has 1 aliphatic carbocycles. The second-order valence-corrected chi connectivity index (χ2v) is 1.22. The molecule has 1 heteroatoms. The van der Waals surface area contributed by atoms with Crippen molar-refractivity contribution in [1.82, 2.24) is 0 Å². The summed E-state index contributed by atoms with van der Waals surface area (Å²) in [6.45, 7) is 3.34. The van der Waals surface area contributed by atoms with E-state index in [1.165, 1.54) is 18.9 Å². The van der Waals surface area contributed by atoms with E-state index in [1.54, 1.807) is 0 Å². The average Bonchev–Trinajstić information content (AvgIpc) is 2.12. The van der Waals surface area contributed by atoms with Crippen molar-refractivity contribution in [3.05, 3.63) is 6.04 Å². The highest BCUT2D eigenvalue weighted by Gasteiger charge is 2.19. The van der Waals surface area contributed by atoms with Gasteiger partial charge in [0.05, 0.1) is 6.04 Å². The molecule has 0 spiro atoms. The number of aliphatic imine (C=N–C) groups is 1. The lowest BCUT2D eigenvalue weighted by Gasteiger charge is -1.64. The van der Waals surface area contributed by atoms with Crippen LogP contribution in [0.2, 0.25) is 0 Å². The van der Waals surface area contributed by atoms with E-state index in [0.29, 0.717) is 0 Å². The zero-order valence-electron chi connectivity index (χ0n) is 3.07. The molecule has 1 aliphatic rings. The summed E-state index contributed by atoms with van der Waals surface area (Å²) in [6.07, 6.45) is 2.40. The highest BCUT2D eigenvalue weighted by molar-refractivity contribution is 5.29. The Morgan fingerprint density at radius 1 is 1.60 bits per heavy atom. The van der Waals surface area contributed by atoms with Gasteiger partial charge in [-0.15, -0.1) is 0 Å². The van der Waals surface area contributed by atoms with Crippen molar-refractivity contribution >= 4 is 6.72 Å². The van der Waals surface area contributed by atoms with Crippen LogP contribution in [0, 0.1) is 6.04 Å². The fourth-order valence-corrected chi connectivity index (χ4v) is 0.214. The molecule has 0 heterocycles. The monoisotopic (exact) mass is 68.1 g/mol. The zero-order chi connectivity index (χ0) is 3.70. The van der Waals surface area contributed by atoms with Gasteiger partial charge in [-0.05, 0) is 19.6 Å². The molecule has 0 unspecified atom stereocenters. The Bertz CT molecular complexity index is 45.6. The lowest BCUT2D eigenvalue weighted by atomic mass is 10.8. The number of hydrogen-bond donors (Lipinski definition) is 0. The lowest BCUT2D eigenvalue weighted by molar-refractivity contribution is 1.31. The van der Waals surface area contributed by atoms with Crippen LogP contribution >= 0.6 is 0 Å². The van der Waals surface area contributed by atoms with Crippen LogP contribution in [0.15, 0.2) is 4.99 Å². The number of nitrogens with zero attached hydrogens (tertiary/aromatic N) is 1. The predicted octanol–water partition coefficient (Wildman–Crippen LogP) is 1.01. The van der Waals surface area contributed by atoms with Gasteiger partial charge in [0.1, 0.15) is 0 Å². The molecule has 0 saturated heterocycles. The molecule has 1 fully saturated rings. The van der Waals surface area contributed by atoms with Crippen LogP contribution in [0.5, 0.6) is 0 Å². The normalized spacial score (nSPS) is 22.4. The van der Waals surface area contributed by atoms with Gasteiger partial charge >= 0.3 is 0 Å². The molecule has 5 heavy (non-hydrogen) atoms. The molecule has 1 nitrogen and oxygen atoms in total. The van der Waals surface area contributed by atoms with Gasteiger partial charge < -0.3 is 0 Å². The highest BCUT2D eigenvalue weighted by atomic mass is 14.8. The summed E-state index contributed by atoms with van der Waals surface area (Å²) >= 11 is 0. The molecule has 0 aromatic rings. The molecule has 0 aliphatic heterocycles. The third-order valence-corrected chi connectivity index (χ3v) is 0.697. The van der Waals surface area contributed by atoms with Crippen LogP contribution in [0.1, 0.15) is 12.8 Å². The molecular formula is C4H6N. The quantitative estimate of drug-likeness (QED) is 0.407. The Kier molecular flexibility index (Phi) is 0.469. The Morgan fingerprint density at radius 3 is 2.20 bits per heavy atom. The lowest BCUT2D eigenvalue weighted by Crippen LogP contribution is -1.48. The minimum absolute atomic E-state index is 1.20. The van der Waals surface area contributed by atoms with Crippen molar-refractivity contribution in [1.29, 1.82) is 0 Å². The van der Waals surface area contributed by atoms with Gasteiger partial charge in [0.15, 0.2) is 0 Å². The molecule has 0 atom stereocenters. The van der Waals surface area contributed by atoms with Crippen LogP contribution in [0.25, 0.3) is 0 Å². The van der Waals surface area contributed by atoms with Gasteiger partial charge in [0, 0.05) is 0 Å². The number of rotatable bonds is 1. The van der Waals surface area contributed by atoms with E-state index in [2.05, 4.69) is 11.7 Å². The first kappa shape index (κ1) is 2.88. The predicted molar refractivity (Wildman–Crippen MR) is 22.0 cm³/mol. The highest BCUT2D eigenvalue weighted by Crippen LogP contribution is 2.31. The smallest absolute Gasteiger partial charge is 0.0852 e. The summed E-state index contributed by atoms with van der Waals surface area (Å²) in [4.78, 5) is 3.67. The van der Waals surface area contributed by atoms with Crippen molar-refractivity contribution in [2.75, 3.05) is 0 Å². The maximum Gasteiger partial charge on any atom is 0.0852 e. The third kappa shape index (κ3) is 0.469. The molecular weight excluding hydrogens is 62.1 g/mol. The number of hydrogen-bond acceptors (Lipinski definition) is 1. The van der Waals surface area contributed by atoms with E-state index in [1.807, 2.05) is 0 Å². The maximum atomic E-state index is 3.67.